The van der Waals surface area contributed by atoms with Crippen LogP contribution >= 0.6 is 11.6 Å². The predicted octanol–water partition coefficient (Wildman–Crippen LogP) is 1.49. The molecule has 1 aromatic carbocycles. The van der Waals surface area contributed by atoms with E-state index in [1.807, 2.05) is 0 Å². The van der Waals surface area contributed by atoms with Crippen LogP contribution in [0.4, 0.5) is 5.69 Å². The average molecular weight is 214 g/mol. The van der Waals surface area contributed by atoms with Crippen LogP contribution in [0.1, 0.15) is 0 Å². The Hall–Kier alpha value is -1.55. The Labute approximate surface area is 85.8 Å². The van der Waals surface area contributed by atoms with E-state index in [-0.39, 0.29) is 6.29 Å². The molecule has 4 nitrogen and oxygen atoms in total. The first-order valence-electron chi connectivity index (χ1n) is 3.77. The van der Waals surface area contributed by atoms with Crippen LogP contribution in [-0.4, -0.2) is 19.3 Å². The predicted molar refractivity (Wildman–Crippen MR) is 52.7 cm³/mol. The summed E-state index contributed by atoms with van der Waals surface area (Å²) < 4.78 is 4.96. The first-order chi connectivity index (χ1) is 6.67. The van der Waals surface area contributed by atoms with E-state index >= 15 is 0 Å². The van der Waals surface area contributed by atoms with Crippen LogP contribution in [-0.2, 0) is 9.59 Å². The molecule has 0 spiro atoms. The van der Waals surface area contributed by atoms with Crippen molar-refractivity contribution in [2.75, 3.05) is 12.4 Å². The lowest BCUT2D eigenvalue weighted by molar-refractivity contribution is -0.127. The highest BCUT2D eigenvalue weighted by Crippen LogP contribution is 2.27. The maximum Gasteiger partial charge on any atom is 0.288 e. The lowest BCUT2D eigenvalue weighted by Gasteiger charge is -2.07. The van der Waals surface area contributed by atoms with Crippen molar-refractivity contribution in [2.24, 2.45) is 0 Å². The second-order valence-electron chi connectivity index (χ2n) is 2.45. The van der Waals surface area contributed by atoms with E-state index < -0.39 is 5.91 Å². The summed E-state index contributed by atoms with van der Waals surface area (Å²) in [6.45, 7) is 0. The van der Waals surface area contributed by atoms with Gasteiger partial charge in [0.1, 0.15) is 5.75 Å². The molecule has 0 atom stereocenters. The Kier molecular flexibility index (Phi) is 3.48. The largest absolute Gasteiger partial charge is 0.495 e. The van der Waals surface area contributed by atoms with Crippen LogP contribution in [0.25, 0.3) is 0 Å². The highest BCUT2D eigenvalue weighted by Gasteiger charge is 2.06. The second-order valence-corrected chi connectivity index (χ2v) is 2.89. The normalized spacial score (nSPS) is 9.29. The number of carbonyl (C=O) groups excluding carboxylic acids is 2. The Bertz CT molecular complexity index is 365. The lowest BCUT2D eigenvalue weighted by atomic mass is 10.3. The SMILES string of the molecule is COc1ccc(Cl)cc1NC(=O)C=O. The Morgan fingerprint density at radius 1 is 1.57 bits per heavy atom. The Morgan fingerprint density at radius 3 is 2.86 bits per heavy atom. The fraction of sp³-hybridized carbons (Fsp3) is 0.111. The van der Waals surface area contributed by atoms with Crippen molar-refractivity contribution in [3.05, 3.63) is 23.2 Å². The number of ether oxygens (including phenoxy) is 1. The summed E-state index contributed by atoms with van der Waals surface area (Å²) in [5, 5.41) is 2.79. The third-order valence-electron chi connectivity index (χ3n) is 1.53. The van der Waals surface area contributed by atoms with Gasteiger partial charge in [0.25, 0.3) is 5.91 Å². The van der Waals surface area contributed by atoms with Crippen molar-refractivity contribution in [3.63, 3.8) is 0 Å². The van der Waals surface area contributed by atoms with Gasteiger partial charge in [-0.25, -0.2) is 0 Å². The van der Waals surface area contributed by atoms with E-state index in [0.717, 1.165) is 0 Å². The first kappa shape index (κ1) is 10.5. The molecule has 0 unspecified atom stereocenters. The second kappa shape index (κ2) is 4.62. The number of benzene rings is 1. The number of methoxy groups -OCH3 is 1. The van der Waals surface area contributed by atoms with Gasteiger partial charge < -0.3 is 10.1 Å². The van der Waals surface area contributed by atoms with E-state index in [0.29, 0.717) is 16.5 Å². The Balaban J connectivity index is 2.98. The molecular formula is C9H8ClNO3. The van der Waals surface area contributed by atoms with Gasteiger partial charge in [-0.1, -0.05) is 11.6 Å². The molecule has 0 aliphatic carbocycles. The summed E-state index contributed by atoms with van der Waals surface area (Å²) in [5.41, 5.74) is 0.372. The standard InChI is InChI=1S/C9H8ClNO3/c1-14-8-3-2-6(10)4-7(8)11-9(13)5-12/h2-5H,1H3,(H,11,13). The minimum atomic E-state index is -0.745. The molecular weight excluding hydrogens is 206 g/mol. The monoisotopic (exact) mass is 213 g/mol. The van der Waals surface area contributed by atoms with E-state index in [9.17, 15) is 9.59 Å². The quantitative estimate of drug-likeness (QED) is 0.611. The van der Waals surface area contributed by atoms with Crippen molar-refractivity contribution in [2.45, 2.75) is 0 Å². The highest BCUT2D eigenvalue weighted by molar-refractivity contribution is 6.32. The molecule has 74 valence electrons. The van der Waals surface area contributed by atoms with Crippen LogP contribution in [0.3, 0.4) is 0 Å². The van der Waals surface area contributed by atoms with Crippen molar-refractivity contribution in [1.29, 1.82) is 0 Å². The fourth-order valence-electron chi connectivity index (χ4n) is 0.940. The average Bonchev–Trinajstić information content (AvgIpc) is 2.18. The molecule has 0 saturated carbocycles. The maximum absolute atomic E-state index is 10.8. The summed E-state index contributed by atoms with van der Waals surface area (Å²) in [5.74, 6) is -0.296. The molecule has 0 saturated heterocycles. The Morgan fingerprint density at radius 2 is 2.29 bits per heavy atom. The van der Waals surface area contributed by atoms with Gasteiger partial charge in [0.15, 0.2) is 0 Å². The molecule has 1 aromatic rings. The van der Waals surface area contributed by atoms with Crippen molar-refractivity contribution in [1.82, 2.24) is 0 Å². The fourth-order valence-corrected chi connectivity index (χ4v) is 1.11. The zero-order valence-electron chi connectivity index (χ0n) is 7.41. The minimum Gasteiger partial charge on any atom is -0.495 e. The first-order valence-corrected chi connectivity index (χ1v) is 4.15. The van der Waals surface area contributed by atoms with Gasteiger partial charge >= 0.3 is 0 Å². The van der Waals surface area contributed by atoms with Crippen LogP contribution < -0.4 is 10.1 Å². The summed E-state index contributed by atoms with van der Waals surface area (Å²) in [6.07, 6.45) is 0.181. The molecule has 0 heterocycles. The van der Waals surface area contributed by atoms with Gasteiger partial charge in [-0.3, -0.25) is 9.59 Å². The molecule has 0 aromatic heterocycles. The smallest absolute Gasteiger partial charge is 0.288 e. The van der Waals surface area contributed by atoms with Crippen molar-refractivity contribution < 1.29 is 14.3 Å². The molecule has 1 rings (SSSR count). The number of hydrogen-bond donors (Lipinski definition) is 1. The highest BCUT2D eigenvalue weighted by atomic mass is 35.5. The third kappa shape index (κ3) is 2.47. The number of nitrogens with one attached hydrogen (secondary N) is 1. The van der Waals surface area contributed by atoms with Crippen LogP contribution in [0.5, 0.6) is 5.75 Å². The van der Waals surface area contributed by atoms with Gasteiger partial charge in [0.05, 0.1) is 12.8 Å². The topological polar surface area (TPSA) is 55.4 Å². The van der Waals surface area contributed by atoms with Gasteiger partial charge in [-0.05, 0) is 18.2 Å². The van der Waals surface area contributed by atoms with Gasteiger partial charge in [0.2, 0.25) is 6.29 Å². The number of anilines is 1. The molecule has 1 amide bonds. The summed E-state index contributed by atoms with van der Waals surface area (Å²) in [6, 6.07) is 4.72. The number of halogens is 1. The van der Waals surface area contributed by atoms with Crippen LogP contribution in [0.2, 0.25) is 5.02 Å². The van der Waals surface area contributed by atoms with Gasteiger partial charge in [-0.2, -0.15) is 0 Å². The summed E-state index contributed by atoms with van der Waals surface area (Å²) in [7, 11) is 1.46. The molecule has 0 radical (unpaired) electrons. The molecule has 14 heavy (non-hydrogen) atoms. The van der Waals surface area contributed by atoms with E-state index in [1.54, 1.807) is 12.1 Å². The maximum atomic E-state index is 10.8. The number of hydrogen-bond acceptors (Lipinski definition) is 3. The zero-order valence-corrected chi connectivity index (χ0v) is 8.17. The molecule has 1 N–H and O–H groups in total. The third-order valence-corrected chi connectivity index (χ3v) is 1.76. The minimum absolute atomic E-state index is 0.181. The van der Waals surface area contributed by atoms with E-state index in [1.165, 1.54) is 13.2 Å². The number of carbonyl (C=O) groups is 2. The number of rotatable bonds is 3. The number of aldehydes is 1. The summed E-state index contributed by atoms with van der Waals surface area (Å²) in [4.78, 5) is 20.9. The molecule has 5 heteroatoms. The molecule has 0 bridgehead atoms. The van der Waals surface area contributed by atoms with Crippen LogP contribution in [0, 0.1) is 0 Å². The van der Waals surface area contributed by atoms with Crippen LogP contribution in [0.15, 0.2) is 18.2 Å². The molecule has 0 fully saturated rings. The lowest BCUT2D eigenvalue weighted by Crippen LogP contribution is -2.12. The van der Waals surface area contributed by atoms with Crippen molar-refractivity contribution in [3.8, 4) is 5.75 Å². The van der Waals surface area contributed by atoms with Gasteiger partial charge in [0, 0.05) is 5.02 Å². The summed E-state index contributed by atoms with van der Waals surface area (Å²) >= 11 is 5.71. The number of amides is 1. The van der Waals surface area contributed by atoms with Crippen molar-refractivity contribution >= 4 is 29.5 Å². The van der Waals surface area contributed by atoms with Gasteiger partial charge in [-0.15, -0.1) is 0 Å². The molecule has 0 aliphatic heterocycles. The van der Waals surface area contributed by atoms with E-state index in [4.69, 9.17) is 16.3 Å². The zero-order chi connectivity index (χ0) is 10.6. The van der Waals surface area contributed by atoms with E-state index in [2.05, 4.69) is 5.32 Å². The molecule has 0 aliphatic rings.